The van der Waals surface area contributed by atoms with Crippen LogP contribution in [0.2, 0.25) is 0 Å². The second kappa shape index (κ2) is 4.77. The van der Waals surface area contributed by atoms with Gasteiger partial charge in [0.2, 0.25) is 0 Å². The smallest absolute Gasteiger partial charge is 0.408 e. The van der Waals surface area contributed by atoms with Gasteiger partial charge < -0.3 is 8.83 Å². The fraction of sp³-hybridized carbons (Fsp3) is 0.125. The summed E-state index contributed by atoms with van der Waals surface area (Å²) in [6.45, 7) is 0.665. The number of fused-ring (bicyclic) bond motifs is 2. The summed E-state index contributed by atoms with van der Waals surface area (Å²) in [5, 5.41) is 0. The Kier molecular flexibility index (Phi) is 2.75. The van der Waals surface area contributed by atoms with Gasteiger partial charge in [-0.15, -0.1) is 0 Å². The van der Waals surface area contributed by atoms with Crippen LogP contribution in [0.25, 0.3) is 22.2 Å². The Morgan fingerprint density at radius 1 is 0.682 bits per heavy atom. The van der Waals surface area contributed by atoms with Crippen molar-refractivity contribution in [2.24, 2.45) is 0 Å². The first-order valence-electron chi connectivity index (χ1n) is 6.91. The van der Waals surface area contributed by atoms with Crippen LogP contribution < -0.4 is 11.5 Å². The van der Waals surface area contributed by atoms with Crippen molar-refractivity contribution in [2.75, 3.05) is 0 Å². The Morgan fingerprint density at radius 2 is 1.09 bits per heavy atom. The van der Waals surface area contributed by atoms with E-state index in [1.807, 2.05) is 36.4 Å². The minimum atomic E-state index is -0.429. The van der Waals surface area contributed by atoms with Crippen LogP contribution in [0.15, 0.2) is 67.0 Å². The molecule has 6 heteroatoms. The van der Waals surface area contributed by atoms with Gasteiger partial charge in [0.05, 0.1) is 11.0 Å². The maximum atomic E-state index is 11.9. The number of benzene rings is 2. The zero-order valence-electron chi connectivity index (χ0n) is 11.6. The molecule has 4 aromatic rings. The first kappa shape index (κ1) is 12.7. The average Bonchev–Trinajstić information content (AvgIpc) is 3.01. The zero-order valence-corrected chi connectivity index (χ0v) is 11.6. The molecular formula is C16H12N2O4. The van der Waals surface area contributed by atoms with E-state index in [0.717, 1.165) is 0 Å². The molecule has 0 spiro atoms. The van der Waals surface area contributed by atoms with E-state index in [4.69, 9.17) is 8.83 Å². The summed E-state index contributed by atoms with van der Waals surface area (Å²) in [5.74, 6) is -0.857. The van der Waals surface area contributed by atoms with Gasteiger partial charge in [0.1, 0.15) is 0 Å². The predicted molar refractivity (Wildman–Crippen MR) is 80.9 cm³/mol. The summed E-state index contributed by atoms with van der Waals surface area (Å²) in [7, 11) is 0. The average molecular weight is 296 g/mol. The Bertz CT molecular complexity index is 993. The van der Waals surface area contributed by atoms with E-state index in [1.54, 1.807) is 12.1 Å². The number of rotatable bonds is 3. The third-order valence-electron chi connectivity index (χ3n) is 3.69. The van der Waals surface area contributed by atoms with Crippen molar-refractivity contribution < 1.29 is 8.83 Å². The molecule has 2 heterocycles. The van der Waals surface area contributed by atoms with E-state index in [9.17, 15) is 9.59 Å². The minimum Gasteiger partial charge on any atom is -0.408 e. The van der Waals surface area contributed by atoms with Gasteiger partial charge >= 0.3 is 11.5 Å². The zero-order chi connectivity index (χ0) is 15.1. The second-order valence-electron chi connectivity index (χ2n) is 4.97. The highest BCUT2D eigenvalue weighted by Gasteiger charge is 2.11. The summed E-state index contributed by atoms with van der Waals surface area (Å²) < 4.78 is 13.4. The normalized spacial score (nSPS) is 11.5. The van der Waals surface area contributed by atoms with Crippen LogP contribution in [0.3, 0.4) is 0 Å². The van der Waals surface area contributed by atoms with Gasteiger partial charge in [-0.3, -0.25) is 9.13 Å². The van der Waals surface area contributed by atoms with E-state index in [1.165, 1.54) is 9.13 Å². The number of aryl methyl sites for hydroxylation is 2. The van der Waals surface area contributed by atoms with E-state index in [0.29, 0.717) is 35.3 Å². The van der Waals surface area contributed by atoms with Gasteiger partial charge in [-0.1, -0.05) is 24.3 Å². The molecule has 2 aromatic heterocycles. The highest BCUT2D eigenvalue weighted by Crippen LogP contribution is 2.14. The lowest BCUT2D eigenvalue weighted by Crippen LogP contribution is -2.22. The maximum absolute atomic E-state index is 11.9. The molecule has 2 aromatic carbocycles. The van der Waals surface area contributed by atoms with Crippen molar-refractivity contribution >= 4 is 22.2 Å². The van der Waals surface area contributed by atoms with Crippen molar-refractivity contribution in [3.63, 3.8) is 0 Å². The lowest BCUT2D eigenvalue weighted by atomic mass is 10.3. The molecule has 22 heavy (non-hydrogen) atoms. The predicted octanol–water partition coefficient (Wildman–Crippen LogP) is 2.20. The van der Waals surface area contributed by atoms with Crippen LogP contribution in [-0.2, 0) is 13.1 Å². The summed E-state index contributed by atoms with van der Waals surface area (Å²) in [5.41, 5.74) is 2.51. The molecule has 0 aliphatic carbocycles. The van der Waals surface area contributed by atoms with E-state index in [-0.39, 0.29) is 0 Å². The molecule has 0 N–H and O–H groups in total. The van der Waals surface area contributed by atoms with Crippen LogP contribution in [0.4, 0.5) is 0 Å². The number of hydrogen-bond acceptors (Lipinski definition) is 4. The molecule has 0 amide bonds. The van der Waals surface area contributed by atoms with Crippen molar-refractivity contribution in [3.05, 3.63) is 69.6 Å². The number of oxazole rings is 2. The van der Waals surface area contributed by atoms with Crippen LogP contribution >= 0.6 is 0 Å². The van der Waals surface area contributed by atoms with Crippen molar-refractivity contribution in [1.29, 1.82) is 0 Å². The first-order chi connectivity index (χ1) is 10.7. The standard InChI is InChI=1S/C16H12N2O4/c19-15-17(11-5-1-3-7-13(11)21-15)9-10-18-12-6-2-4-8-14(12)22-16(18)20/h1-8H,9-10H2. The lowest BCUT2D eigenvalue weighted by molar-refractivity contribution is 0.459. The molecule has 0 saturated carbocycles. The van der Waals surface area contributed by atoms with E-state index in [2.05, 4.69) is 0 Å². The molecular weight excluding hydrogens is 284 g/mol. The molecule has 110 valence electrons. The quantitative estimate of drug-likeness (QED) is 0.581. The summed E-state index contributed by atoms with van der Waals surface area (Å²) in [4.78, 5) is 23.9. The number of aromatic nitrogens is 2. The number of para-hydroxylation sites is 4. The Morgan fingerprint density at radius 3 is 1.55 bits per heavy atom. The van der Waals surface area contributed by atoms with Crippen molar-refractivity contribution in [1.82, 2.24) is 9.13 Å². The summed E-state index contributed by atoms with van der Waals surface area (Å²) >= 11 is 0. The third-order valence-corrected chi connectivity index (χ3v) is 3.69. The maximum Gasteiger partial charge on any atom is 0.420 e. The van der Waals surface area contributed by atoms with E-state index < -0.39 is 11.5 Å². The SMILES string of the molecule is O=c1oc2ccccc2n1CCn1c(=O)oc2ccccc21. The van der Waals surface area contributed by atoms with Crippen LogP contribution in [0, 0.1) is 0 Å². The number of hydrogen-bond donors (Lipinski definition) is 0. The molecule has 0 atom stereocenters. The monoisotopic (exact) mass is 296 g/mol. The molecule has 4 rings (SSSR count). The highest BCUT2D eigenvalue weighted by molar-refractivity contribution is 5.73. The summed E-state index contributed by atoms with van der Waals surface area (Å²) in [6, 6.07) is 14.4. The van der Waals surface area contributed by atoms with Gasteiger partial charge in [-0.2, -0.15) is 0 Å². The van der Waals surface area contributed by atoms with Gasteiger partial charge in [0.15, 0.2) is 11.2 Å². The minimum absolute atomic E-state index is 0.333. The van der Waals surface area contributed by atoms with Gasteiger partial charge in [0.25, 0.3) is 0 Å². The summed E-state index contributed by atoms with van der Waals surface area (Å²) in [6.07, 6.45) is 0. The molecule has 0 radical (unpaired) electrons. The third kappa shape index (κ3) is 1.88. The Labute approximate surface area is 123 Å². The Hall–Kier alpha value is -3.02. The van der Waals surface area contributed by atoms with Crippen LogP contribution in [0.1, 0.15) is 0 Å². The van der Waals surface area contributed by atoms with Crippen molar-refractivity contribution in [2.45, 2.75) is 13.1 Å². The molecule has 0 saturated heterocycles. The topological polar surface area (TPSA) is 70.3 Å². The Balaban J connectivity index is 1.75. The molecule has 6 nitrogen and oxygen atoms in total. The molecule has 0 bridgehead atoms. The second-order valence-corrected chi connectivity index (χ2v) is 4.97. The molecule has 0 aliphatic rings. The highest BCUT2D eigenvalue weighted by atomic mass is 16.4. The number of nitrogens with zero attached hydrogens (tertiary/aromatic N) is 2. The molecule has 0 fully saturated rings. The largest absolute Gasteiger partial charge is 0.420 e. The molecule has 0 unspecified atom stereocenters. The van der Waals surface area contributed by atoms with Gasteiger partial charge in [-0.05, 0) is 24.3 Å². The van der Waals surface area contributed by atoms with Crippen LogP contribution in [0.5, 0.6) is 0 Å². The van der Waals surface area contributed by atoms with Crippen LogP contribution in [-0.4, -0.2) is 9.13 Å². The molecule has 0 aliphatic heterocycles. The fourth-order valence-corrected chi connectivity index (χ4v) is 2.65. The van der Waals surface area contributed by atoms with E-state index >= 15 is 0 Å². The lowest BCUT2D eigenvalue weighted by Gasteiger charge is -2.03. The fourth-order valence-electron chi connectivity index (χ4n) is 2.65. The van der Waals surface area contributed by atoms with Gasteiger partial charge in [0, 0.05) is 13.1 Å². The van der Waals surface area contributed by atoms with Crippen molar-refractivity contribution in [3.8, 4) is 0 Å². The van der Waals surface area contributed by atoms with Gasteiger partial charge in [-0.25, -0.2) is 9.59 Å². The first-order valence-corrected chi connectivity index (χ1v) is 6.91.